The second-order valence-electron chi connectivity index (χ2n) is 5.30. The predicted molar refractivity (Wildman–Crippen MR) is 90.8 cm³/mol. The van der Waals surface area contributed by atoms with Crippen molar-refractivity contribution in [2.45, 2.75) is 23.8 Å². The number of amides is 1. The molecule has 1 aromatic rings. The molecular formula is C14H23N3O2S2. The third-order valence-electron chi connectivity index (χ3n) is 3.75. The van der Waals surface area contributed by atoms with Gasteiger partial charge in [-0.05, 0) is 19.1 Å². The maximum absolute atomic E-state index is 12.2. The van der Waals surface area contributed by atoms with E-state index in [0.29, 0.717) is 16.7 Å². The molecule has 2 rings (SSSR count). The number of hydrogen-bond acceptors (Lipinski definition) is 6. The third-order valence-corrected chi connectivity index (χ3v) is 5.95. The van der Waals surface area contributed by atoms with Crippen LogP contribution in [-0.2, 0) is 4.74 Å². The first-order valence-electron chi connectivity index (χ1n) is 6.95. The fourth-order valence-corrected chi connectivity index (χ4v) is 4.73. The van der Waals surface area contributed by atoms with Crippen LogP contribution in [0.3, 0.4) is 0 Å². The number of carbonyl (C=O) groups excluding carboxylic acids is 1. The van der Waals surface area contributed by atoms with Gasteiger partial charge in [0.05, 0.1) is 16.7 Å². The summed E-state index contributed by atoms with van der Waals surface area (Å²) < 4.78 is 5.42. The zero-order valence-electron chi connectivity index (χ0n) is 13.0. The van der Waals surface area contributed by atoms with Crippen molar-refractivity contribution in [3.8, 4) is 0 Å². The standard InChI is InChI=1S/C14H23N3O2S2/c1-16(2)13(18)11-10(15)12(20-4)14(21-11)17-7-5-9(19-3)6-8-17/h9H,5-8,15H2,1-4H3. The molecule has 0 aliphatic carbocycles. The fraction of sp³-hybridized carbons (Fsp3) is 0.643. The fourth-order valence-electron chi connectivity index (χ4n) is 2.48. The summed E-state index contributed by atoms with van der Waals surface area (Å²) in [5.74, 6) is -0.0224. The molecule has 1 aliphatic rings. The smallest absolute Gasteiger partial charge is 0.265 e. The summed E-state index contributed by atoms with van der Waals surface area (Å²) in [5.41, 5.74) is 6.82. The van der Waals surface area contributed by atoms with Crippen LogP contribution < -0.4 is 10.6 Å². The predicted octanol–water partition coefficient (Wildman–Crippen LogP) is 2.37. The molecule has 0 radical (unpaired) electrons. The van der Waals surface area contributed by atoms with E-state index in [2.05, 4.69) is 4.90 Å². The van der Waals surface area contributed by atoms with Crippen molar-refractivity contribution in [2.24, 2.45) is 0 Å². The first-order valence-corrected chi connectivity index (χ1v) is 8.99. The largest absolute Gasteiger partial charge is 0.396 e. The van der Waals surface area contributed by atoms with E-state index in [-0.39, 0.29) is 5.91 Å². The Labute approximate surface area is 134 Å². The summed E-state index contributed by atoms with van der Waals surface area (Å²) in [6.07, 6.45) is 4.38. The van der Waals surface area contributed by atoms with Crippen LogP contribution in [0.5, 0.6) is 0 Å². The van der Waals surface area contributed by atoms with E-state index in [1.807, 2.05) is 6.26 Å². The maximum atomic E-state index is 12.2. The number of anilines is 2. The van der Waals surface area contributed by atoms with E-state index in [0.717, 1.165) is 35.8 Å². The summed E-state index contributed by atoms with van der Waals surface area (Å²) in [7, 11) is 5.28. The molecule has 2 N–H and O–H groups in total. The van der Waals surface area contributed by atoms with Crippen LogP contribution in [0, 0.1) is 0 Å². The Kier molecular flexibility index (Phi) is 5.40. The monoisotopic (exact) mass is 329 g/mol. The second kappa shape index (κ2) is 6.89. The average Bonchev–Trinajstić information content (AvgIpc) is 2.83. The number of hydrogen-bond donors (Lipinski definition) is 1. The van der Waals surface area contributed by atoms with E-state index in [9.17, 15) is 4.79 Å². The molecule has 2 heterocycles. The number of nitrogens with two attached hydrogens (primary N) is 1. The molecule has 0 bridgehead atoms. The molecule has 0 aromatic carbocycles. The quantitative estimate of drug-likeness (QED) is 0.860. The van der Waals surface area contributed by atoms with Crippen molar-refractivity contribution in [3.05, 3.63) is 4.88 Å². The molecule has 7 heteroatoms. The first kappa shape index (κ1) is 16.5. The molecule has 5 nitrogen and oxygen atoms in total. The molecule has 0 spiro atoms. The Hall–Kier alpha value is -0.920. The van der Waals surface area contributed by atoms with Gasteiger partial charge < -0.3 is 20.3 Å². The van der Waals surface area contributed by atoms with Crippen LogP contribution >= 0.6 is 23.1 Å². The zero-order chi connectivity index (χ0) is 15.6. The molecule has 1 saturated heterocycles. The molecule has 0 atom stereocenters. The number of nitrogens with zero attached hydrogens (tertiary/aromatic N) is 2. The maximum Gasteiger partial charge on any atom is 0.265 e. The van der Waals surface area contributed by atoms with Gasteiger partial charge in [-0.1, -0.05) is 0 Å². The average molecular weight is 329 g/mol. The summed E-state index contributed by atoms with van der Waals surface area (Å²) in [4.78, 5) is 17.8. The Bertz CT molecular complexity index is 509. The zero-order valence-corrected chi connectivity index (χ0v) is 14.6. The van der Waals surface area contributed by atoms with Gasteiger partial charge >= 0.3 is 0 Å². The highest BCUT2D eigenvalue weighted by molar-refractivity contribution is 7.99. The third kappa shape index (κ3) is 3.30. The number of thiophene rings is 1. The first-order chi connectivity index (χ1) is 9.99. The van der Waals surface area contributed by atoms with Crippen LogP contribution in [0.2, 0.25) is 0 Å². The molecule has 0 saturated carbocycles. The SMILES string of the molecule is COC1CCN(c2sc(C(=O)N(C)C)c(N)c2SC)CC1. The number of nitrogen functional groups attached to an aromatic ring is 1. The topological polar surface area (TPSA) is 58.8 Å². The molecular weight excluding hydrogens is 306 g/mol. The number of rotatable bonds is 4. The minimum Gasteiger partial charge on any atom is -0.396 e. The lowest BCUT2D eigenvalue weighted by molar-refractivity contribution is 0.0819. The van der Waals surface area contributed by atoms with Crippen LogP contribution in [0.4, 0.5) is 10.7 Å². The Balaban J connectivity index is 2.27. The lowest BCUT2D eigenvalue weighted by Gasteiger charge is -2.32. The van der Waals surface area contributed by atoms with Gasteiger partial charge in [0, 0.05) is 34.3 Å². The molecule has 1 aromatic heterocycles. The Morgan fingerprint density at radius 3 is 2.52 bits per heavy atom. The van der Waals surface area contributed by atoms with Crippen molar-refractivity contribution in [1.29, 1.82) is 0 Å². The van der Waals surface area contributed by atoms with E-state index in [4.69, 9.17) is 10.5 Å². The van der Waals surface area contributed by atoms with Crippen LogP contribution in [-0.4, -0.2) is 57.5 Å². The van der Waals surface area contributed by atoms with E-state index >= 15 is 0 Å². The van der Waals surface area contributed by atoms with Gasteiger partial charge in [-0.25, -0.2) is 0 Å². The van der Waals surface area contributed by atoms with Crippen LogP contribution in [0.15, 0.2) is 4.90 Å². The second-order valence-corrected chi connectivity index (χ2v) is 7.12. The van der Waals surface area contributed by atoms with Crippen molar-refractivity contribution in [2.75, 3.05) is 51.2 Å². The number of piperidine rings is 1. The van der Waals surface area contributed by atoms with E-state index < -0.39 is 0 Å². The van der Waals surface area contributed by atoms with Gasteiger partial charge in [0.1, 0.15) is 9.88 Å². The van der Waals surface area contributed by atoms with Crippen molar-refractivity contribution in [1.82, 2.24) is 4.90 Å². The molecule has 1 amide bonds. The number of ether oxygens (including phenoxy) is 1. The minimum absolute atomic E-state index is 0.0224. The summed E-state index contributed by atoms with van der Waals surface area (Å²) in [6, 6.07) is 0. The van der Waals surface area contributed by atoms with Gasteiger partial charge in [0.2, 0.25) is 0 Å². The highest BCUT2D eigenvalue weighted by atomic mass is 32.2. The van der Waals surface area contributed by atoms with Gasteiger partial charge in [0.15, 0.2) is 0 Å². The van der Waals surface area contributed by atoms with Crippen molar-refractivity contribution < 1.29 is 9.53 Å². The van der Waals surface area contributed by atoms with Crippen LogP contribution in [0.25, 0.3) is 0 Å². The normalized spacial score (nSPS) is 16.3. The summed E-state index contributed by atoms with van der Waals surface area (Å²) >= 11 is 3.12. The van der Waals surface area contributed by atoms with Gasteiger partial charge in [-0.15, -0.1) is 23.1 Å². The van der Waals surface area contributed by atoms with Crippen molar-refractivity contribution >= 4 is 39.7 Å². The Morgan fingerprint density at radius 1 is 1.43 bits per heavy atom. The summed E-state index contributed by atoms with van der Waals surface area (Å²) in [5, 5.41) is 1.12. The number of thioether (sulfide) groups is 1. The van der Waals surface area contributed by atoms with E-state index in [1.54, 1.807) is 37.9 Å². The highest BCUT2D eigenvalue weighted by Crippen LogP contribution is 2.44. The number of methoxy groups -OCH3 is 1. The molecule has 118 valence electrons. The summed E-state index contributed by atoms with van der Waals surface area (Å²) in [6.45, 7) is 1.89. The molecule has 1 fully saturated rings. The lowest BCUT2D eigenvalue weighted by Crippen LogP contribution is -2.36. The van der Waals surface area contributed by atoms with Crippen LogP contribution in [0.1, 0.15) is 22.5 Å². The molecule has 21 heavy (non-hydrogen) atoms. The Morgan fingerprint density at radius 2 is 2.05 bits per heavy atom. The van der Waals surface area contributed by atoms with E-state index in [1.165, 1.54) is 11.3 Å². The van der Waals surface area contributed by atoms with Gasteiger partial charge in [-0.2, -0.15) is 0 Å². The van der Waals surface area contributed by atoms with Gasteiger partial charge in [0.25, 0.3) is 5.91 Å². The van der Waals surface area contributed by atoms with Gasteiger partial charge in [-0.3, -0.25) is 4.79 Å². The lowest BCUT2D eigenvalue weighted by atomic mass is 10.1. The highest BCUT2D eigenvalue weighted by Gasteiger charge is 2.27. The molecule has 0 unspecified atom stereocenters. The van der Waals surface area contributed by atoms with Crippen molar-refractivity contribution in [3.63, 3.8) is 0 Å². The number of carbonyl (C=O) groups is 1. The minimum atomic E-state index is -0.0224. The molecule has 1 aliphatic heterocycles.